The highest BCUT2D eigenvalue weighted by atomic mass is 19.4. The number of hydrogen-bond acceptors (Lipinski definition) is 5. The lowest BCUT2D eigenvalue weighted by Crippen LogP contribution is -2.33. The Hall–Kier alpha value is -2.68. The first-order valence-electron chi connectivity index (χ1n) is 9.04. The Morgan fingerprint density at radius 1 is 1.18 bits per heavy atom. The number of aryl methyl sites for hydroxylation is 1. The molecule has 1 N–H and O–H groups in total. The number of fused-ring (bicyclic) bond motifs is 1. The highest BCUT2D eigenvalue weighted by molar-refractivity contribution is 5.79. The zero-order valence-corrected chi connectivity index (χ0v) is 15.5. The molecule has 0 saturated carbocycles. The number of benzene rings is 1. The monoisotopic (exact) mass is 391 g/mol. The minimum absolute atomic E-state index is 0.231. The van der Waals surface area contributed by atoms with E-state index >= 15 is 0 Å². The number of alkyl halides is 3. The number of likely N-dealkylation sites (N-methyl/N-ethyl adjacent to an activating group) is 1. The molecular formula is C19H20F3N5O. The van der Waals surface area contributed by atoms with Crippen LogP contribution in [-0.4, -0.2) is 49.9 Å². The van der Waals surface area contributed by atoms with Crippen LogP contribution in [-0.2, 0) is 6.18 Å². The molecular weight excluding hydrogens is 371 g/mol. The number of likely N-dealkylation sites (tertiary alicyclic amines) is 1. The minimum Gasteiger partial charge on any atom is -0.507 e. The van der Waals surface area contributed by atoms with Crippen molar-refractivity contribution in [2.24, 2.45) is 0 Å². The Morgan fingerprint density at radius 3 is 2.64 bits per heavy atom. The Balaban J connectivity index is 1.73. The number of halogens is 3. The molecule has 1 fully saturated rings. The molecule has 28 heavy (non-hydrogen) atoms. The Labute approximate surface area is 159 Å². The number of imidazole rings is 1. The van der Waals surface area contributed by atoms with Crippen LogP contribution >= 0.6 is 0 Å². The van der Waals surface area contributed by atoms with E-state index in [0.717, 1.165) is 32.0 Å². The standard InChI is InChI=1S/C19H20F3N5O/c1-11-6-12(19(20,21)22)7-16(28)17(11)14-8-15-18(25-24-14)27(10-23-15)13-4-3-5-26(2)9-13/h6-8,10,13,28H,3-5,9H2,1-2H3/t13-/m1/s1. The second-order valence-electron chi connectivity index (χ2n) is 7.33. The van der Waals surface area contributed by atoms with Crippen molar-refractivity contribution in [3.63, 3.8) is 0 Å². The van der Waals surface area contributed by atoms with Crippen LogP contribution in [0, 0.1) is 6.92 Å². The van der Waals surface area contributed by atoms with E-state index in [4.69, 9.17) is 0 Å². The molecule has 1 saturated heterocycles. The highest BCUT2D eigenvalue weighted by Gasteiger charge is 2.32. The third-order valence-corrected chi connectivity index (χ3v) is 5.21. The van der Waals surface area contributed by atoms with Crippen molar-refractivity contribution >= 4 is 11.2 Å². The van der Waals surface area contributed by atoms with Crippen LogP contribution < -0.4 is 0 Å². The van der Waals surface area contributed by atoms with Crippen molar-refractivity contribution in [2.45, 2.75) is 32.0 Å². The summed E-state index contributed by atoms with van der Waals surface area (Å²) in [5.41, 5.74) is 1.13. The average Bonchev–Trinajstić information content (AvgIpc) is 3.03. The predicted molar refractivity (Wildman–Crippen MR) is 97.9 cm³/mol. The molecule has 0 amide bonds. The predicted octanol–water partition coefficient (Wildman–Crippen LogP) is 3.79. The minimum atomic E-state index is -4.53. The Morgan fingerprint density at radius 2 is 1.96 bits per heavy atom. The van der Waals surface area contributed by atoms with Crippen LogP contribution in [0.15, 0.2) is 24.5 Å². The molecule has 148 valence electrons. The first-order chi connectivity index (χ1) is 13.2. The number of aromatic nitrogens is 4. The van der Waals surface area contributed by atoms with Gasteiger partial charge in [-0.05, 0) is 57.1 Å². The second-order valence-corrected chi connectivity index (χ2v) is 7.33. The van der Waals surface area contributed by atoms with Gasteiger partial charge in [-0.15, -0.1) is 10.2 Å². The second kappa shape index (κ2) is 6.73. The van der Waals surface area contributed by atoms with Gasteiger partial charge in [0.25, 0.3) is 0 Å². The van der Waals surface area contributed by atoms with Crippen LogP contribution in [0.4, 0.5) is 13.2 Å². The number of phenols is 1. The summed E-state index contributed by atoms with van der Waals surface area (Å²) in [4.78, 5) is 6.66. The van der Waals surface area contributed by atoms with Crippen molar-refractivity contribution in [1.82, 2.24) is 24.6 Å². The molecule has 3 heterocycles. The van der Waals surface area contributed by atoms with Crippen LogP contribution in [0.5, 0.6) is 5.75 Å². The average molecular weight is 391 g/mol. The van der Waals surface area contributed by atoms with E-state index in [1.54, 1.807) is 12.4 Å². The fourth-order valence-electron chi connectivity index (χ4n) is 3.85. The summed E-state index contributed by atoms with van der Waals surface area (Å²) < 4.78 is 40.8. The van der Waals surface area contributed by atoms with E-state index in [-0.39, 0.29) is 17.2 Å². The van der Waals surface area contributed by atoms with Crippen LogP contribution in [0.2, 0.25) is 0 Å². The first kappa shape index (κ1) is 18.7. The zero-order chi connectivity index (χ0) is 20.1. The molecule has 1 aliphatic rings. The molecule has 9 heteroatoms. The van der Waals surface area contributed by atoms with Gasteiger partial charge in [0, 0.05) is 18.2 Å². The number of piperidine rings is 1. The summed E-state index contributed by atoms with van der Waals surface area (Å²) in [6, 6.07) is 3.62. The van der Waals surface area contributed by atoms with Crippen molar-refractivity contribution in [1.29, 1.82) is 0 Å². The molecule has 0 unspecified atom stereocenters. The van der Waals surface area contributed by atoms with Gasteiger partial charge in [-0.3, -0.25) is 0 Å². The van der Waals surface area contributed by atoms with Crippen LogP contribution in [0.1, 0.15) is 30.0 Å². The maximum Gasteiger partial charge on any atom is 0.416 e. The Bertz CT molecular complexity index is 1010. The lowest BCUT2D eigenvalue weighted by Gasteiger charge is -2.30. The van der Waals surface area contributed by atoms with Gasteiger partial charge in [0.15, 0.2) is 5.65 Å². The molecule has 1 aromatic carbocycles. The summed E-state index contributed by atoms with van der Waals surface area (Å²) in [6.07, 6.45) is -0.683. The fraction of sp³-hybridized carbons (Fsp3) is 0.421. The lowest BCUT2D eigenvalue weighted by molar-refractivity contribution is -0.137. The van der Waals surface area contributed by atoms with Gasteiger partial charge < -0.3 is 14.6 Å². The third-order valence-electron chi connectivity index (χ3n) is 5.21. The highest BCUT2D eigenvalue weighted by Crippen LogP contribution is 2.38. The third kappa shape index (κ3) is 3.30. The maximum atomic E-state index is 12.9. The van der Waals surface area contributed by atoms with Gasteiger partial charge >= 0.3 is 6.18 Å². The quantitative estimate of drug-likeness (QED) is 0.720. The topological polar surface area (TPSA) is 67.1 Å². The van der Waals surface area contributed by atoms with Gasteiger partial charge in [-0.2, -0.15) is 13.2 Å². The van der Waals surface area contributed by atoms with Gasteiger partial charge in [-0.25, -0.2) is 4.98 Å². The number of phenolic OH excluding ortho intramolecular Hbond substituents is 1. The number of aromatic hydroxyl groups is 1. The van der Waals surface area contributed by atoms with Crippen molar-refractivity contribution in [3.8, 4) is 17.0 Å². The lowest BCUT2D eigenvalue weighted by atomic mass is 10.0. The summed E-state index contributed by atoms with van der Waals surface area (Å²) in [6.45, 7) is 3.46. The smallest absolute Gasteiger partial charge is 0.416 e. The van der Waals surface area contributed by atoms with Crippen molar-refractivity contribution in [2.75, 3.05) is 20.1 Å². The van der Waals surface area contributed by atoms with E-state index in [9.17, 15) is 18.3 Å². The molecule has 2 aromatic heterocycles. The van der Waals surface area contributed by atoms with Gasteiger partial charge in [-0.1, -0.05) is 0 Å². The number of rotatable bonds is 2. The van der Waals surface area contributed by atoms with E-state index in [0.29, 0.717) is 22.9 Å². The van der Waals surface area contributed by atoms with E-state index < -0.39 is 17.5 Å². The fourth-order valence-corrected chi connectivity index (χ4v) is 3.85. The SMILES string of the molecule is Cc1cc(C(F)(F)F)cc(O)c1-c1cc2ncn([C@@H]3CCCN(C)C3)c2nn1. The van der Waals surface area contributed by atoms with E-state index in [2.05, 4.69) is 27.1 Å². The summed E-state index contributed by atoms with van der Waals surface area (Å²) in [7, 11) is 2.07. The van der Waals surface area contributed by atoms with Crippen molar-refractivity contribution in [3.05, 3.63) is 35.7 Å². The molecule has 3 aromatic rings. The van der Waals surface area contributed by atoms with Gasteiger partial charge in [0.1, 0.15) is 11.3 Å². The molecule has 4 rings (SSSR count). The number of hydrogen-bond donors (Lipinski definition) is 1. The number of nitrogens with zero attached hydrogens (tertiary/aromatic N) is 5. The molecule has 0 aliphatic carbocycles. The molecule has 1 aliphatic heterocycles. The van der Waals surface area contributed by atoms with Crippen LogP contribution in [0.3, 0.4) is 0 Å². The van der Waals surface area contributed by atoms with Crippen molar-refractivity contribution < 1.29 is 18.3 Å². The summed E-state index contributed by atoms with van der Waals surface area (Å²) in [5, 5.41) is 18.6. The summed E-state index contributed by atoms with van der Waals surface area (Å²) >= 11 is 0. The molecule has 0 radical (unpaired) electrons. The van der Waals surface area contributed by atoms with Crippen LogP contribution in [0.25, 0.3) is 22.4 Å². The van der Waals surface area contributed by atoms with Gasteiger partial charge in [0.2, 0.25) is 0 Å². The largest absolute Gasteiger partial charge is 0.507 e. The molecule has 0 bridgehead atoms. The van der Waals surface area contributed by atoms with E-state index in [1.807, 2.05) is 4.57 Å². The first-order valence-corrected chi connectivity index (χ1v) is 9.04. The van der Waals surface area contributed by atoms with E-state index in [1.165, 1.54) is 6.92 Å². The summed E-state index contributed by atoms with van der Waals surface area (Å²) in [5.74, 6) is -0.477. The molecule has 0 spiro atoms. The zero-order valence-electron chi connectivity index (χ0n) is 15.5. The Kier molecular flexibility index (Phi) is 4.49. The molecule has 6 nitrogen and oxygen atoms in total. The molecule has 1 atom stereocenters. The van der Waals surface area contributed by atoms with Gasteiger partial charge in [0.05, 0.1) is 17.6 Å². The maximum absolute atomic E-state index is 12.9. The normalized spacial score (nSPS) is 18.7.